The van der Waals surface area contributed by atoms with Gasteiger partial charge in [0.05, 0.1) is 13.3 Å². The molecule has 1 amide bonds. The molecule has 3 rings (SSSR count). The number of aromatic nitrogens is 4. The van der Waals surface area contributed by atoms with E-state index in [-0.39, 0.29) is 11.8 Å². The van der Waals surface area contributed by atoms with Crippen molar-refractivity contribution in [1.29, 1.82) is 0 Å². The zero-order chi connectivity index (χ0) is 18.5. The Morgan fingerprint density at radius 1 is 1.27 bits per heavy atom. The third-order valence-corrected chi connectivity index (χ3v) is 3.84. The van der Waals surface area contributed by atoms with Gasteiger partial charge in [-0.05, 0) is 18.2 Å². The van der Waals surface area contributed by atoms with E-state index in [2.05, 4.69) is 20.4 Å². The summed E-state index contributed by atoms with van der Waals surface area (Å²) in [6.07, 6.45) is 5.18. The van der Waals surface area contributed by atoms with Crippen LogP contribution >= 0.6 is 0 Å². The van der Waals surface area contributed by atoms with Gasteiger partial charge in [0.2, 0.25) is 0 Å². The maximum atomic E-state index is 12.3. The highest BCUT2D eigenvalue weighted by Crippen LogP contribution is 2.21. The number of hydrogen-bond donors (Lipinski definition) is 1. The molecule has 1 N–H and O–H groups in total. The third kappa shape index (κ3) is 3.88. The number of carbonyl (C=O) groups is 1. The second-order valence-electron chi connectivity index (χ2n) is 6.10. The third-order valence-electron chi connectivity index (χ3n) is 3.84. The van der Waals surface area contributed by atoms with E-state index in [1.165, 1.54) is 0 Å². The molecule has 0 spiro atoms. The van der Waals surface area contributed by atoms with Crippen LogP contribution in [-0.4, -0.2) is 32.8 Å². The van der Waals surface area contributed by atoms with Crippen LogP contribution in [0, 0.1) is 0 Å². The summed E-state index contributed by atoms with van der Waals surface area (Å²) in [5.74, 6) is 1.32. The molecule has 0 aliphatic heterocycles. The molecule has 0 atom stereocenters. The molecular formula is C19H21N5O2. The van der Waals surface area contributed by atoms with E-state index in [1.54, 1.807) is 30.3 Å². The summed E-state index contributed by atoms with van der Waals surface area (Å²) >= 11 is 0. The van der Waals surface area contributed by atoms with Gasteiger partial charge in [0.15, 0.2) is 0 Å². The minimum Gasteiger partial charge on any atom is -0.494 e. The molecule has 0 saturated carbocycles. The number of nitrogens with one attached hydrogen (secondary N) is 1. The van der Waals surface area contributed by atoms with Gasteiger partial charge in [-0.2, -0.15) is 5.10 Å². The number of amides is 1. The molecule has 2 heterocycles. The minimum absolute atomic E-state index is 0.168. The van der Waals surface area contributed by atoms with Gasteiger partial charge in [-0.15, -0.1) is 0 Å². The van der Waals surface area contributed by atoms with Crippen LogP contribution in [0.3, 0.4) is 0 Å². The quantitative estimate of drug-likeness (QED) is 0.738. The standard InChI is InChI=1S/C19H21N5O2/c1-13(2)18-20-9-8-15(23-18)19(25)21-10-14-11-22-24(12-14)16-6-4-5-7-17(16)26-3/h4-9,11-13H,10H2,1-3H3,(H,21,25). The maximum absolute atomic E-state index is 12.3. The molecule has 0 saturated heterocycles. The molecule has 0 radical (unpaired) electrons. The zero-order valence-electron chi connectivity index (χ0n) is 15.0. The summed E-state index contributed by atoms with van der Waals surface area (Å²) in [5.41, 5.74) is 2.08. The Morgan fingerprint density at radius 2 is 2.08 bits per heavy atom. The fourth-order valence-electron chi connectivity index (χ4n) is 2.45. The number of nitrogens with zero attached hydrogens (tertiary/aromatic N) is 4. The van der Waals surface area contributed by atoms with Crippen LogP contribution in [0.5, 0.6) is 5.75 Å². The summed E-state index contributed by atoms with van der Waals surface area (Å²) in [6.45, 7) is 4.33. The fraction of sp³-hybridized carbons (Fsp3) is 0.263. The monoisotopic (exact) mass is 351 g/mol. The topological polar surface area (TPSA) is 81.9 Å². The molecule has 2 aromatic heterocycles. The van der Waals surface area contributed by atoms with Crippen molar-refractivity contribution < 1.29 is 9.53 Å². The molecule has 1 aromatic carbocycles. The number of benzene rings is 1. The summed E-state index contributed by atoms with van der Waals surface area (Å²) in [4.78, 5) is 20.8. The Hall–Kier alpha value is -3.22. The largest absolute Gasteiger partial charge is 0.494 e. The van der Waals surface area contributed by atoms with Crippen LogP contribution in [0.15, 0.2) is 48.9 Å². The molecule has 0 unspecified atom stereocenters. The van der Waals surface area contributed by atoms with E-state index in [9.17, 15) is 4.79 Å². The predicted octanol–water partition coefficient (Wildman–Crippen LogP) is 2.72. The Morgan fingerprint density at radius 3 is 2.85 bits per heavy atom. The smallest absolute Gasteiger partial charge is 0.270 e. The highest BCUT2D eigenvalue weighted by atomic mass is 16.5. The molecule has 7 heteroatoms. The molecule has 7 nitrogen and oxygen atoms in total. The van der Waals surface area contributed by atoms with Gasteiger partial charge in [0, 0.05) is 30.4 Å². The van der Waals surface area contributed by atoms with Gasteiger partial charge in [0.25, 0.3) is 5.91 Å². The normalized spacial score (nSPS) is 10.8. The summed E-state index contributed by atoms with van der Waals surface area (Å²) in [7, 11) is 1.62. The number of rotatable bonds is 6. The fourth-order valence-corrected chi connectivity index (χ4v) is 2.45. The summed E-state index contributed by atoms with van der Waals surface area (Å²) in [6, 6.07) is 9.23. The van der Waals surface area contributed by atoms with Gasteiger partial charge in [0.1, 0.15) is 23.0 Å². The highest BCUT2D eigenvalue weighted by Gasteiger charge is 2.11. The van der Waals surface area contributed by atoms with Crippen molar-refractivity contribution in [2.24, 2.45) is 0 Å². The summed E-state index contributed by atoms with van der Waals surface area (Å²) < 4.78 is 7.07. The second kappa shape index (κ2) is 7.77. The molecule has 0 aliphatic carbocycles. The van der Waals surface area contributed by atoms with Crippen LogP contribution in [0.4, 0.5) is 0 Å². The van der Waals surface area contributed by atoms with Crippen molar-refractivity contribution in [3.63, 3.8) is 0 Å². The lowest BCUT2D eigenvalue weighted by Gasteiger charge is -2.07. The first kappa shape index (κ1) is 17.6. The van der Waals surface area contributed by atoms with Crippen molar-refractivity contribution in [2.45, 2.75) is 26.3 Å². The van der Waals surface area contributed by atoms with E-state index in [1.807, 2.05) is 44.3 Å². The lowest BCUT2D eigenvalue weighted by molar-refractivity contribution is 0.0945. The van der Waals surface area contributed by atoms with E-state index in [4.69, 9.17) is 4.74 Å². The molecule has 0 bridgehead atoms. The first-order valence-electron chi connectivity index (χ1n) is 8.36. The molecule has 134 valence electrons. The average Bonchev–Trinajstić information content (AvgIpc) is 3.15. The van der Waals surface area contributed by atoms with Crippen LogP contribution in [0.1, 0.15) is 41.6 Å². The van der Waals surface area contributed by atoms with E-state index in [0.717, 1.165) is 17.0 Å². The Kier molecular flexibility index (Phi) is 5.26. The van der Waals surface area contributed by atoms with Gasteiger partial charge in [-0.1, -0.05) is 26.0 Å². The molecule has 0 fully saturated rings. The summed E-state index contributed by atoms with van der Waals surface area (Å²) in [5, 5.41) is 7.20. The number of carbonyl (C=O) groups excluding carboxylic acids is 1. The Balaban J connectivity index is 1.68. The minimum atomic E-state index is -0.237. The van der Waals surface area contributed by atoms with Crippen molar-refractivity contribution in [1.82, 2.24) is 25.1 Å². The van der Waals surface area contributed by atoms with Gasteiger partial charge in [-0.25, -0.2) is 14.6 Å². The first-order valence-corrected chi connectivity index (χ1v) is 8.36. The van der Waals surface area contributed by atoms with Crippen molar-refractivity contribution >= 4 is 5.91 Å². The number of para-hydroxylation sites is 2. The van der Waals surface area contributed by atoms with Gasteiger partial charge in [-0.3, -0.25) is 4.79 Å². The van der Waals surface area contributed by atoms with Crippen molar-refractivity contribution in [3.05, 3.63) is 66.0 Å². The number of hydrogen-bond acceptors (Lipinski definition) is 5. The maximum Gasteiger partial charge on any atom is 0.270 e. The zero-order valence-corrected chi connectivity index (χ0v) is 15.0. The second-order valence-corrected chi connectivity index (χ2v) is 6.10. The Bertz CT molecular complexity index is 904. The van der Waals surface area contributed by atoms with E-state index in [0.29, 0.717) is 18.1 Å². The lowest BCUT2D eigenvalue weighted by atomic mass is 10.2. The van der Waals surface area contributed by atoms with Gasteiger partial charge >= 0.3 is 0 Å². The number of ether oxygens (including phenoxy) is 1. The van der Waals surface area contributed by atoms with Gasteiger partial charge < -0.3 is 10.1 Å². The predicted molar refractivity (Wildman–Crippen MR) is 97.4 cm³/mol. The average molecular weight is 351 g/mol. The van der Waals surface area contributed by atoms with Crippen LogP contribution in [0.25, 0.3) is 5.69 Å². The lowest BCUT2D eigenvalue weighted by Crippen LogP contribution is -2.24. The highest BCUT2D eigenvalue weighted by molar-refractivity contribution is 5.92. The molecule has 26 heavy (non-hydrogen) atoms. The Labute approximate surface area is 152 Å². The first-order chi connectivity index (χ1) is 12.6. The molecule has 3 aromatic rings. The van der Waals surface area contributed by atoms with Crippen LogP contribution < -0.4 is 10.1 Å². The molecule has 0 aliphatic rings. The van der Waals surface area contributed by atoms with E-state index >= 15 is 0 Å². The number of methoxy groups -OCH3 is 1. The SMILES string of the molecule is COc1ccccc1-n1cc(CNC(=O)c2ccnc(C(C)C)n2)cn1. The van der Waals surface area contributed by atoms with Crippen LogP contribution in [0.2, 0.25) is 0 Å². The van der Waals surface area contributed by atoms with Crippen LogP contribution in [-0.2, 0) is 6.54 Å². The van der Waals surface area contributed by atoms with Crippen molar-refractivity contribution in [2.75, 3.05) is 7.11 Å². The molecular weight excluding hydrogens is 330 g/mol. The van der Waals surface area contributed by atoms with E-state index < -0.39 is 0 Å². The van der Waals surface area contributed by atoms with Crippen molar-refractivity contribution in [3.8, 4) is 11.4 Å².